The third kappa shape index (κ3) is 7.60. The molecule has 0 aromatic carbocycles. The van der Waals surface area contributed by atoms with Gasteiger partial charge in [0.25, 0.3) is 0 Å². The number of hydrogen-bond donors (Lipinski definition) is 1. The van der Waals surface area contributed by atoms with Gasteiger partial charge in [-0.05, 0) is 39.7 Å². The van der Waals surface area contributed by atoms with E-state index in [4.69, 9.17) is 4.74 Å². The van der Waals surface area contributed by atoms with Crippen molar-refractivity contribution in [3.05, 3.63) is 10.0 Å². The Morgan fingerprint density at radius 3 is 2.58 bits per heavy atom. The molecule has 1 aromatic heterocycles. The standard InChI is InChI=1S/C14H27N3OS/c1-11(10-18-5)9-13-17-16-12(19-13)7-6-8-15-14(2,3)4/h11,15H,6-10H2,1-5H3. The molecule has 1 aromatic rings. The van der Waals surface area contributed by atoms with E-state index in [0.29, 0.717) is 5.92 Å². The largest absolute Gasteiger partial charge is 0.384 e. The molecule has 110 valence electrons. The fourth-order valence-electron chi connectivity index (χ4n) is 1.82. The van der Waals surface area contributed by atoms with Gasteiger partial charge in [0, 0.05) is 32.1 Å². The van der Waals surface area contributed by atoms with Crippen molar-refractivity contribution in [1.82, 2.24) is 15.5 Å². The van der Waals surface area contributed by atoms with Crippen LogP contribution < -0.4 is 5.32 Å². The number of hydrogen-bond acceptors (Lipinski definition) is 5. The quantitative estimate of drug-likeness (QED) is 0.746. The van der Waals surface area contributed by atoms with Crippen molar-refractivity contribution in [3.63, 3.8) is 0 Å². The zero-order valence-corrected chi connectivity index (χ0v) is 13.6. The van der Waals surface area contributed by atoms with Crippen LogP contribution >= 0.6 is 11.3 Å². The first kappa shape index (κ1) is 16.5. The van der Waals surface area contributed by atoms with Gasteiger partial charge in [-0.15, -0.1) is 21.5 Å². The smallest absolute Gasteiger partial charge is 0.117 e. The molecule has 19 heavy (non-hydrogen) atoms. The van der Waals surface area contributed by atoms with Crippen LogP contribution in [0, 0.1) is 5.92 Å². The van der Waals surface area contributed by atoms with Crippen LogP contribution in [0.5, 0.6) is 0 Å². The predicted molar refractivity (Wildman–Crippen MR) is 80.7 cm³/mol. The maximum absolute atomic E-state index is 5.14. The highest BCUT2D eigenvalue weighted by Gasteiger charge is 2.10. The molecule has 1 unspecified atom stereocenters. The van der Waals surface area contributed by atoms with E-state index >= 15 is 0 Å². The van der Waals surface area contributed by atoms with Gasteiger partial charge >= 0.3 is 0 Å². The summed E-state index contributed by atoms with van der Waals surface area (Å²) in [6.07, 6.45) is 3.09. The topological polar surface area (TPSA) is 47.0 Å². The predicted octanol–water partition coefficient (Wildman–Crippen LogP) is 2.68. The lowest BCUT2D eigenvalue weighted by Crippen LogP contribution is -2.36. The molecule has 0 amide bonds. The third-order valence-electron chi connectivity index (χ3n) is 2.71. The van der Waals surface area contributed by atoms with Gasteiger partial charge in [0.2, 0.25) is 0 Å². The number of aryl methyl sites for hydroxylation is 1. The van der Waals surface area contributed by atoms with E-state index in [0.717, 1.165) is 42.4 Å². The summed E-state index contributed by atoms with van der Waals surface area (Å²) in [5.41, 5.74) is 0.196. The summed E-state index contributed by atoms with van der Waals surface area (Å²) in [6.45, 7) is 10.6. The van der Waals surface area contributed by atoms with Crippen LogP contribution in [0.4, 0.5) is 0 Å². The highest BCUT2D eigenvalue weighted by atomic mass is 32.1. The first-order valence-electron chi connectivity index (χ1n) is 6.96. The average Bonchev–Trinajstić information content (AvgIpc) is 2.71. The number of methoxy groups -OCH3 is 1. The van der Waals surface area contributed by atoms with Crippen molar-refractivity contribution in [1.29, 1.82) is 0 Å². The Morgan fingerprint density at radius 1 is 1.26 bits per heavy atom. The molecule has 1 rings (SSSR count). The van der Waals surface area contributed by atoms with Gasteiger partial charge in [-0.25, -0.2) is 0 Å². The fourth-order valence-corrected chi connectivity index (χ4v) is 2.87. The van der Waals surface area contributed by atoms with Crippen LogP contribution in [0.15, 0.2) is 0 Å². The molecule has 0 aliphatic carbocycles. The normalized spacial score (nSPS) is 13.7. The van der Waals surface area contributed by atoms with E-state index in [9.17, 15) is 0 Å². The van der Waals surface area contributed by atoms with Crippen molar-refractivity contribution in [3.8, 4) is 0 Å². The summed E-state index contributed by atoms with van der Waals surface area (Å²) in [5, 5.41) is 14.3. The zero-order chi connectivity index (χ0) is 14.3. The summed E-state index contributed by atoms with van der Waals surface area (Å²) < 4.78 is 5.14. The Labute approximate surface area is 121 Å². The van der Waals surface area contributed by atoms with Crippen molar-refractivity contribution >= 4 is 11.3 Å². The minimum Gasteiger partial charge on any atom is -0.384 e. The minimum atomic E-state index is 0.196. The molecular weight excluding hydrogens is 258 g/mol. The van der Waals surface area contributed by atoms with Crippen LogP contribution in [0.25, 0.3) is 0 Å². The maximum Gasteiger partial charge on any atom is 0.117 e. The van der Waals surface area contributed by atoms with Crippen molar-refractivity contribution in [2.45, 2.75) is 52.5 Å². The third-order valence-corrected chi connectivity index (χ3v) is 3.71. The summed E-state index contributed by atoms with van der Waals surface area (Å²) >= 11 is 1.74. The van der Waals surface area contributed by atoms with Crippen LogP contribution in [0.2, 0.25) is 0 Å². The van der Waals surface area contributed by atoms with Crippen LogP contribution in [-0.2, 0) is 17.6 Å². The summed E-state index contributed by atoms with van der Waals surface area (Å²) in [5.74, 6) is 0.508. The first-order chi connectivity index (χ1) is 8.90. The van der Waals surface area contributed by atoms with E-state index in [-0.39, 0.29) is 5.54 Å². The van der Waals surface area contributed by atoms with E-state index in [2.05, 4.69) is 43.2 Å². The van der Waals surface area contributed by atoms with Crippen LogP contribution in [0.1, 0.15) is 44.1 Å². The lowest BCUT2D eigenvalue weighted by atomic mass is 10.1. The molecule has 1 atom stereocenters. The molecule has 0 aliphatic rings. The van der Waals surface area contributed by atoms with E-state index in [1.165, 1.54) is 0 Å². The molecule has 0 bridgehead atoms. The molecule has 1 N–H and O–H groups in total. The van der Waals surface area contributed by atoms with Gasteiger partial charge < -0.3 is 10.1 Å². The van der Waals surface area contributed by atoms with E-state index in [1.54, 1.807) is 18.4 Å². The van der Waals surface area contributed by atoms with Gasteiger partial charge in [-0.2, -0.15) is 0 Å². The molecule has 5 heteroatoms. The second-order valence-corrected chi connectivity index (χ2v) is 7.28. The van der Waals surface area contributed by atoms with Crippen molar-refractivity contribution < 1.29 is 4.74 Å². The number of nitrogens with one attached hydrogen (secondary N) is 1. The first-order valence-corrected chi connectivity index (χ1v) is 7.77. The maximum atomic E-state index is 5.14. The Balaban J connectivity index is 2.27. The fraction of sp³-hybridized carbons (Fsp3) is 0.857. The summed E-state index contributed by atoms with van der Waals surface area (Å²) in [7, 11) is 1.74. The second-order valence-electron chi connectivity index (χ2n) is 6.13. The van der Waals surface area contributed by atoms with Gasteiger partial charge in [-0.1, -0.05) is 6.92 Å². The zero-order valence-electron chi connectivity index (χ0n) is 12.8. The number of ether oxygens (including phenoxy) is 1. The number of aromatic nitrogens is 2. The lowest BCUT2D eigenvalue weighted by molar-refractivity contribution is 0.159. The van der Waals surface area contributed by atoms with Gasteiger partial charge in [0.05, 0.1) is 0 Å². The van der Waals surface area contributed by atoms with E-state index in [1.807, 2.05) is 0 Å². The molecule has 0 saturated carbocycles. The Bertz CT molecular complexity index is 360. The molecular formula is C14H27N3OS. The molecule has 0 radical (unpaired) electrons. The minimum absolute atomic E-state index is 0.196. The van der Waals surface area contributed by atoms with Crippen molar-refractivity contribution in [2.75, 3.05) is 20.3 Å². The molecule has 0 aliphatic heterocycles. The van der Waals surface area contributed by atoms with E-state index < -0.39 is 0 Å². The summed E-state index contributed by atoms with van der Waals surface area (Å²) in [4.78, 5) is 0. The van der Waals surface area contributed by atoms with Gasteiger partial charge in [-0.3, -0.25) is 0 Å². The second kappa shape index (κ2) is 7.92. The van der Waals surface area contributed by atoms with Gasteiger partial charge in [0.1, 0.15) is 10.0 Å². The van der Waals surface area contributed by atoms with Gasteiger partial charge in [0.15, 0.2) is 0 Å². The lowest BCUT2D eigenvalue weighted by Gasteiger charge is -2.20. The monoisotopic (exact) mass is 285 g/mol. The highest BCUT2D eigenvalue weighted by molar-refractivity contribution is 7.11. The molecule has 0 spiro atoms. The highest BCUT2D eigenvalue weighted by Crippen LogP contribution is 2.15. The average molecular weight is 285 g/mol. The molecule has 0 fully saturated rings. The molecule has 1 heterocycles. The summed E-state index contributed by atoms with van der Waals surface area (Å²) in [6, 6.07) is 0. The van der Waals surface area contributed by atoms with Crippen molar-refractivity contribution in [2.24, 2.45) is 5.92 Å². The SMILES string of the molecule is COCC(C)Cc1nnc(CCCNC(C)(C)C)s1. The number of nitrogens with zero attached hydrogens (tertiary/aromatic N) is 2. The molecule has 4 nitrogen and oxygen atoms in total. The van der Waals surface area contributed by atoms with Crippen LogP contribution in [0.3, 0.4) is 0 Å². The Morgan fingerprint density at radius 2 is 1.95 bits per heavy atom. The van der Waals surface area contributed by atoms with Crippen LogP contribution in [-0.4, -0.2) is 36.0 Å². The Hall–Kier alpha value is -0.520. The number of rotatable bonds is 8. The Kier molecular flexibility index (Phi) is 6.89. The molecule has 0 saturated heterocycles.